The molecule has 0 aliphatic carbocycles. The number of nitrogens with one attached hydrogen (secondary N) is 2. The van der Waals surface area contributed by atoms with Crippen molar-refractivity contribution in [2.45, 2.75) is 53.1 Å². The number of rotatable bonds is 7. The molecule has 0 aliphatic rings. The van der Waals surface area contributed by atoms with Crippen LogP contribution in [0.15, 0.2) is 0 Å². The van der Waals surface area contributed by atoms with Crippen molar-refractivity contribution >= 4 is 5.91 Å². The van der Waals surface area contributed by atoms with Crippen LogP contribution in [0.3, 0.4) is 0 Å². The SMILES string of the molecule is CCN(CC)CCNC(C)C(=O)NC(C)(C)C. The van der Waals surface area contributed by atoms with Crippen LogP contribution in [0.5, 0.6) is 0 Å². The predicted octanol–water partition coefficient (Wildman–Crippen LogP) is 1.22. The Morgan fingerprint density at radius 3 is 2.18 bits per heavy atom. The highest BCUT2D eigenvalue weighted by molar-refractivity contribution is 5.81. The maximum Gasteiger partial charge on any atom is 0.237 e. The number of likely N-dealkylation sites (N-methyl/N-ethyl adjacent to an activating group) is 1. The summed E-state index contributed by atoms with van der Waals surface area (Å²) in [5, 5.41) is 6.22. The van der Waals surface area contributed by atoms with E-state index in [4.69, 9.17) is 0 Å². The van der Waals surface area contributed by atoms with E-state index in [9.17, 15) is 4.79 Å². The number of carbonyl (C=O) groups excluding carboxylic acids is 1. The van der Waals surface area contributed by atoms with Crippen LogP contribution < -0.4 is 10.6 Å². The molecule has 0 spiro atoms. The van der Waals surface area contributed by atoms with Crippen molar-refractivity contribution in [3.05, 3.63) is 0 Å². The van der Waals surface area contributed by atoms with Gasteiger partial charge in [-0.1, -0.05) is 13.8 Å². The molecule has 0 aromatic heterocycles. The Hall–Kier alpha value is -0.610. The standard InChI is InChI=1S/C13H29N3O/c1-7-16(8-2)10-9-14-11(3)12(17)15-13(4,5)6/h11,14H,7-10H2,1-6H3,(H,15,17). The van der Waals surface area contributed by atoms with Crippen molar-refractivity contribution in [1.29, 1.82) is 0 Å². The summed E-state index contributed by atoms with van der Waals surface area (Å²) < 4.78 is 0. The van der Waals surface area contributed by atoms with E-state index >= 15 is 0 Å². The average molecular weight is 243 g/mol. The molecule has 102 valence electrons. The molecule has 0 aliphatic heterocycles. The van der Waals surface area contributed by atoms with Crippen molar-refractivity contribution in [1.82, 2.24) is 15.5 Å². The maximum absolute atomic E-state index is 11.8. The first kappa shape index (κ1) is 16.4. The molecular weight excluding hydrogens is 214 g/mol. The zero-order valence-electron chi connectivity index (χ0n) is 12.3. The molecular formula is C13H29N3O. The summed E-state index contributed by atoms with van der Waals surface area (Å²) in [6.45, 7) is 16.1. The van der Waals surface area contributed by atoms with E-state index in [0.717, 1.165) is 26.2 Å². The fourth-order valence-electron chi connectivity index (χ4n) is 1.55. The lowest BCUT2D eigenvalue weighted by Crippen LogP contribution is -2.50. The molecule has 1 unspecified atom stereocenters. The highest BCUT2D eigenvalue weighted by atomic mass is 16.2. The van der Waals surface area contributed by atoms with Crippen molar-refractivity contribution in [3.8, 4) is 0 Å². The molecule has 17 heavy (non-hydrogen) atoms. The number of amides is 1. The minimum atomic E-state index is -0.161. The van der Waals surface area contributed by atoms with Crippen LogP contribution in [0.1, 0.15) is 41.5 Å². The molecule has 1 atom stereocenters. The van der Waals surface area contributed by atoms with Crippen molar-refractivity contribution in [2.75, 3.05) is 26.2 Å². The van der Waals surface area contributed by atoms with Gasteiger partial charge >= 0.3 is 0 Å². The second-order valence-electron chi connectivity index (χ2n) is 5.44. The first-order chi connectivity index (χ1) is 7.80. The molecule has 0 aromatic carbocycles. The molecule has 0 saturated heterocycles. The minimum absolute atomic E-state index is 0.0667. The van der Waals surface area contributed by atoms with E-state index in [-0.39, 0.29) is 17.5 Å². The monoisotopic (exact) mass is 243 g/mol. The Morgan fingerprint density at radius 2 is 1.76 bits per heavy atom. The fraction of sp³-hybridized carbons (Fsp3) is 0.923. The van der Waals surface area contributed by atoms with Gasteiger partial charge in [0, 0.05) is 18.6 Å². The highest BCUT2D eigenvalue weighted by Crippen LogP contribution is 1.99. The Morgan fingerprint density at radius 1 is 1.24 bits per heavy atom. The third-order valence-electron chi connectivity index (χ3n) is 2.66. The van der Waals surface area contributed by atoms with Crippen LogP contribution in [-0.2, 0) is 4.79 Å². The summed E-state index contributed by atoms with van der Waals surface area (Å²) >= 11 is 0. The van der Waals surface area contributed by atoms with Crippen molar-refractivity contribution < 1.29 is 4.79 Å². The highest BCUT2D eigenvalue weighted by Gasteiger charge is 2.18. The van der Waals surface area contributed by atoms with Gasteiger partial charge in [0.05, 0.1) is 6.04 Å². The number of carbonyl (C=O) groups is 1. The van der Waals surface area contributed by atoms with Gasteiger partial charge in [-0.25, -0.2) is 0 Å². The number of hydrogen-bond donors (Lipinski definition) is 2. The normalized spacial score (nSPS) is 13.8. The van der Waals surface area contributed by atoms with Crippen LogP contribution in [-0.4, -0.2) is 48.6 Å². The van der Waals surface area contributed by atoms with Gasteiger partial charge in [-0.2, -0.15) is 0 Å². The zero-order chi connectivity index (χ0) is 13.5. The number of hydrogen-bond acceptors (Lipinski definition) is 3. The lowest BCUT2D eigenvalue weighted by molar-refractivity contribution is -0.124. The van der Waals surface area contributed by atoms with Crippen LogP contribution in [0.25, 0.3) is 0 Å². The molecule has 1 amide bonds. The fourth-order valence-corrected chi connectivity index (χ4v) is 1.55. The maximum atomic E-state index is 11.8. The second-order valence-corrected chi connectivity index (χ2v) is 5.44. The van der Waals surface area contributed by atoms with E-state index in [2.05, 4.69) is 29.4 Å². The summed E-state index contributed by atoms with van der Waals surface area (Å²) in [5.74, 6) is 0.0667. The minimum Gasteiger partial charge on any atom is -0.350 e. The predicted molar refractivity (Wildman–Crippen MR) is 73.1 cm³/mol. The molecule has 4 heteroatoms. The number of nitrogens with zero attached hydrogens (tertiary/aromatic N) is 1. The van der Waals surface area contributed by atoms with E-state index in [1.54, 1.807) is 0 Å². The molecule has 0 heterocycles. The summed E-state index contributed by atoms with van der Waals surface area (Å²) in [4.78, 5) is 14.1. The Labute approximate surface area is 106 Å². The van der Waals surface area contributed by atoms with Crippen LogP contribution >= 0.6 is 0 Å². The molecule has 0 radical (unpaired) electrons. The lowest BCUT2D eigenvalue weighted by Gasteiger charge is -2.24. The van der Waals surface area contributed by atoms with Crippen molar-refractivity contribution in [3.63, 3.8) is 0 Å². The van der Waals surface area contributed by atoms with Gasteiger partial charge in [0.1, 0.15) is 0 Å². The largest absolute Gasteiger partial charge is 0.350 e. The van der Waals surface area contributed by atoms with Gasteiger partial charge in [-0.15, -0.1) is 0 Å². The smallest absolute Gasteiger partial charge is 0.237 e. The van der Waals surface area contributed by atoms with Crippen LogP contribution in [0.4, 0.5) is 0 Å². The third kappa shape index (κ3) is 8.16. The van der Waals surface area contributed by atoms with Gasteiger partial charge in [0.15, 0.2) is 0 Å². The molecule has 0 fully saturated rings. The first-order valence-corrected chi connectivity index (χ1v) is 6.58. The van der Waals surface area contributed by atoms with E-state index in [0.29, 0.717) is 0 Å². The Balaban J connectivity index is 3.86. The van der Waals surface area contributed by atoms with E-state index in [1.165, 1.54) is 0 Å². The van der Waals surface area contributed by atoms with Gasteiger partial charge in [0.2, 0.25) is 5.91 Å². The molecule has 0 aromatic rings. The lowest BCUT2D eigenvalue weighted by atomic mass is 10.1. The third-order valence-corrected chi connectivity index (χ3v) is 2.66. The summed E-state index contributed by atoms with van der Waals surface area (Å²) in [7, 11) is 0. The first-order valence-electron chi connectivity index (χ1n) is 6.58. The second kappa shape index (κ2) is 7.67. The molecule has 2 N–H and O–H groups in total. The van der Waals surface area contributed by atoms with Crippen LogP contribution in [0, 0.1) is 0 Å². The quantitative estimate of drug-likeness (QED) is 0.707. The van der Waals surface area contributed by atoms with E-state index in [1.807, 2.05) is 27.7 Å². The van der Waals surface area contributed by atoms with Gasteiger partial charge in [-0.3, -0.25) is 4.79 Å². The molecule has 0 saturated carbocycles. The van der Waals surface area contributed by atoms with Crippen molar-refractivity contribution in [2.24, 2.45) is 0 Å². The summed E-state index contributed by atoms with van der Waals surface area (Å²) in [6.07, 6.45) is 0. The van der Waals surface area contributed by atoms with Gasteiger partial charge in [0.25, 0.3) is 0 Å². The van der Waals surface area contributed by atoms with Crippen LogP contribution in [0.2, 0.25) is 0 Å². The zero-order valence-corrected chi connectivity index (χ0v) is 12.3. The van der Waals surface area contributed by atoms with E-state index < -0.39 is 0 Å². The summed E-state index contributed by atoms with van der Waals surface area (Å²) in [6, 6.07) is -0.134. The van der Waals surface area contributed by atoms with Gasteiger partial charge < -0.3 is 15.5 Å². The molecule has 0 rings (SSSR count). The Bertz CT molecular complexity index is 219. The molecule has 0 bridgehead atoms. The molecule has 4 nitrogen and oxygen atoms in total. The van der Waals surface area contributed by atoms with Gasteiger partial charge in [-0.05, 0) is 40.8 Å². The average Bonchev–Trinajstić information content (AvgIpc) is 2.21. The topological polar surface area (TPSA) is 44.4 Å². The Kier molecular flexibility index (Phi) is 7.39. The summed E-state index contributed by atoms with van der Waals surface area (Å²) in [5.41, 5.74) is -0.161.